The van der Waals surface area contributed by atoms with Crippen molar-refractivity contribution >= 4 is 17.8 Å². The predicted octanol–water partition coefficient (Wildman–Crippen LogP) is 3.82. The Bertz CT molecular complexity index is 308. The van der Waals surface area contributed by atoms with E-state index in [1.807, 2.05) is 17.8 Å². The Morgan fingerprint density at radius 2 is 2.06 bits per heavy atom. The van der Waals surface area contributed by atoms with E-state index in [1.54, 1.807) is 0 Å². The molecule has 0 saturated carbocycles. The third kappa shape index (κ3) is 7.24. The first kappa shape index (κ1) is 14.3. The Kier molecular flexibility index (Phi) is 7.85. The average molecular weight is 249 g/mol. The first-order valence-electron chi connectivity index (χ1n) is 6.35. The van der Waals surface area contributed by atoms with Crippen molar-refractivity contribution < 1.29 is 0 Å². The van der Waals surface area contributed by atoms with Crippen LogP contribution in [-0.4, -0.2) is 24.1 Å². The molecule has 1 unspecified atom stereocenters. The first-order valence-corrected chi connectivity index (χ1v) is 7.51. The predicted molar refractivity (Wildman–Crippen MR) is 80.6 cm³/mol. The zero-order valence-corrected chi connectivity index (χ0v) is 11.7. The van der Waals surface area contributed by atoms with Crippen LogP contribution in [0.5, 0.6) is 0 Å². The summed E-state index contributed by atoms with van der Waals surface area (Å²) < 4.78 is 0. The van der Waals surface area contributed by atoms with Gasteiger partial charge in [0.15, 0.2) is 0 Å². The number of nitrogens with one attached hydrogen (secondary N) is 1. The van der Waals surface area contributed by atoms with Crippen LogP contribution in [0.2, 0.25) is 0 Å². The van der Waals surface area contributed by atoms with Gasteiger partial charge in [-0.2, -0.15) is 11.8 Å². The lowest BCUT2D eigenvalue weighted by Crippen LogP contribution is -2.26. The Balaban J connectivity index is 2.12. The summed E-state index contributed by atoms with van der Waals surface area (Å²) in [7, 11) is 0. The van der Waals surface area contributed by atoms with Crippen molar-refractivity contribution in [3.05, 3.63) is 42.0 Å². The standard InChI is InChI=1S/C15H23NS/c1-3-17-13-11-14(2)16-12-7-10-15-8-5-4-6-9-15/h4-10,14,16H,3,11-13H2,1-2H3/b10-7+. The molecule has 17 heavy (non-hydrogen) atoms. The lowest BCUT2D eigenvalue weighted by molar-refractivity contribution is 0.571. The molecule has 0 amide bonds. The van der Waals surface area contributed by atoms with E-state index in [4.69, 9.17) is 0 Å². The van der Waals surface area contributed by atoms with Crippen molar-refractivity contribution in [1.29, 1.82) is 0 Å². The SMILES string of the molecule is CCSCCC(C)NC/C=C/c1ccccc1. The Morgan fingerprint density at radius 3 is 2.76 bits per heavy atom. The van der Waals surface area contributed by atoms with Crippen molar-refractivity contribution in [2.24, 2.45) is 0 Å². The Hall–Kier alpha value is -0.730. The molecule has 0 aliphatic carbocycles. The summed E-state index contributed by atoms with van der Waals surface area (Å²) in [6.07, 6.45) is 5.61. The second-order valence-electron chi connectivity index (χ2n) is 4.11. The van der Waals surface area contributed by atoms with E-state index in [1.165, 1.54) is 23.5 Å². The maximum Gasteiger partial charge on any atom is 0.0140 e. The van der Waals surface area contributed by atoms with E-state index < -0.39 is 0 Å². The molecule has 1 atom stereocenters. The van der Waals surface area contributed by atoms with Gasteiger partial charge in [-0.3, -0.25) is 0 Å². The monoisotopic (exact) mass is 249 g/mol. The molecule has 1 N–H and O–H groups in total. The van der Waals surface area contributed by atoms with Crippen LogP contribution < -0.4 is 5.32 Å². The average Bonchev–Trinajstić information content (AvgIpc) is 2.36. The summed E-state index contributed by atoms with van der Waals surface area (Å²) >= 11 is 2.01. The quantitative estimate of drug-likeness (QED) is 0.703. The van der Waals surface area contributed by atoms with Crippen LogP contribution in [0.25, 0.3) is 6.08 Å². The molecule has 0 aromatic heterocycles. The fourth-order valence-electron chi connectivity index (χ4n) is 1.53. The van der Waals surface area contributed by atoms with Gasteiger partial charge in [0, 0.05) is 12.6 Å². The highest BCUT2D eigenvalue weighted by atomic mass is 32.2. The van der Waals surface area contributed by atoms with E-state index >= 15 is 0 Å². The fraction of sp³-hybridized carbons (Fsp3) is 0.467. The van der Waals surface area contributed by atoms with Crippen LogP contribution in [0.15, 0.2) is 36.4 Å². The molecule has 0 aliphatic rings. The number of rotatable bonds is 8. The summed E-state index contributed by atoms with van der Waals surface area (Å²) in [5.74, 6) is 2.48. The van der Waals surface area contributed by atoms with E-state index in [0.717, 1.165) is 6.54 Å². The molecule has 0 fully saturated rings. The molecule has 0 radical (unpaired) electrons. The maximum atomic E-state index is 3.51. The second-order valence-corrected chi connectivity index (χ2v) is 5.50. The van der Waals surface area contributed by atoms with Crippen LogP contribution in [0.1, 0.15) is 25.8 Å². The summed E-state index contributed by atoms with van der Waals surface area (Å²) in [6.45, 7) is 5.42. The molecule has 0 spiro atoms. The largest absolute Gasteiger partial charge is 0.311 e. The molecule has 1 nitrogen and oxygen atoms in total. The van der Waals surface area contributed by atoms with E-state index in [-0.39, 0.29) is 0 Å². The van der Waals surface area contributed by atoms with Gasteiger partial charge in [-0.1, -0.05) is 49.4 Å². The van der Waals surface area contributed by atoms with Crippen LogP contribution in [0, 0.1) is 0 Å². The van der Waals surface area contributed by atoms with Crippen molar-refractivity contribution in [3.63, 3.8) is 0 Å². The number of benzene rings is 1. The minimum atomic E-state index is 0.606. The molecule has 1 aromatic rings. The number of hydrogen-bond donors (Lipinski definition) is 1. The van der Waals surface area contributed by atoms with Crippen molar-refractivity contribution in [3.8, 4) is 0 Å². The van der Waals surface area contributed by atoms with Gasteiger partial charge >= 0.3 is 0 Å². The fourth-order valence-corrected chi connectivity index (χ4v) is 2.34. The topological polar surface area (TPSA) is 12.0 Å². The van der Waals surface area contributed by atoms with Crippen LogP contribution in [0.3, 0.4) is 0 Å². The van der Waals surface area contributed by atoms with Crippen LogP contribution in [-0.2, 0) is 0 Å². The zero-order chi connectivity index (χ0) is 12.3. The third-order valence-electron chi connectivity index (χ3n) is 2.59. The summed E-state index contributed by atoms with van der Waals surface area (Å²) in [6, 6.07) is 11.0. The van der Waals surface area contributed by atoms with Gasteiger partial charge < -0.3 is 5.32 Å². The molecule has 0 heterocycles. The molecular formula is C15H23NS. The van der Waals surface area contributed by atoms with Crippen molar-refractivity contribution in [2.75, 3.05) is 18.1 Å². The summed E-state index contributed by atoms with van der Waals surface area (Å²) in [4.78, 5) is 0. The summed E-state index contributed by atoms with van der Waals surface area (Å²) in [5.41, 5.74) is 1.27. The smallest absolute Gasteiger partial charge is 0.0140 e. The van der Waals surface area contributed by atoms with Gasteiger partial charge in [0.05, 0.1) is 0 Å². The number of thioether (sulfide) groups is 1. The molecule has 94 valence electrons. The molecule has 1 rings (SSSR count). The van der Waals surface area contributed by atoms with E-state index in [0.29, 0.717) is 6.04 Å². The summed E-state index contributed by atoms with van der Waals surface area (Å²) in [5, 5.41) is 3.51. The first-order chi connectivity index (χ1) is 8.33. The van der Waals surface area contributed by atoms with Gasteiger partial charge in [-0.05, 0) is 30.4 Å². The second kappa shape index (κ2) is 9.32. The van der Waals surface area contributed by atoms with Gasteiger partial charge in [0.2, 0.25) is 0 Å². The van der Waals surface area contributed by atoms with Crippen molar-refractivity contribution in [2.45, 2.75) is 26.3 Å². The van der Waals surface area contributed by atoms with E-state index in [2.05, 4.69) is 55.6 Å². The maximum absolute atomic E-state index is 3.51. The Labute approximate surface area is 110 Å². The van der Waals surface area contributed by atoms with Crippen molar-refractivity contribution in [1.82, 2.24) is 5.32 Å². The highest BCUT2D eigenvalue weighted by molar-refractivity contribution is 7.99. The highest BCUT2D eigenvalue weighted by Gasteiger charge is 1.98. The van der Waals surface area contributed by atoms with Gasteiger partial charge in [0.25, 0.3) is 0 Å². The Morgan fingerprint density at radius 1 is 1.29 bits per heavy atom. The minimum Gasteiger partial charge on any atom is -0.311 e. The lowest BCUT2D eigenvalue weighted by Gasteiger charge is -2.11. The molecular weight excluding hydrogens is 226 g/mol. The zero-order valence-electron chi connectivity index (χ0n) is 10.9. The normalized spacial score (nSPS) is 13.1. The van der Waals surface area contributed by atoms with Crippen LogP contribution >= 0.6 is 11.8 Å². The third-order valence-corrected chi connectivity index (χ3v) is 3.53. The van der Waals surface area contributed by atoms with Gasteiger partial charge in [-0.15, -0.1) is 0 Å². The van der Waals surface area contributed by atoms with Crippen LogP contribution in [0.4, 0.5) is 0 Å². The molecule has 0 aliphatic heterocycles. The number of hydrogen-bond acceptors (Lipinski definition) is 2. The van der Waals surface area contributed by atoms with E-state index in [9.17, 15) is 0 Å². The lowest BCUT2D eigenvalue weighted by atomic mass is 10.2. The molecule has 0 saturated heterocycles. The highest BCUT2D eigenvalue weighted by Crippen LogP contribution is 2.04. The minimum absolute atomic E-state index is 0.606. The van der Waals surface area contributed by atoms with Gasteiger partial charge in [-0.25, -0.2) is 0 Å². The van der Waals surface area contributed by atoms with Gasteiger partial charge in [0.1, 0.15) is 0 Å². The molecule has 1 aromatic carbocycles. The molecule has 2 heteroatoms. The molecule has 0 bridgehead atoms.